The van der Waals surface area contributed by atoms with E-state index < -0.39 is 6.29 Å². The van der Waals surface area contributed by atoms with E-state index in [1.165, 1.54) is 5.56 Å². The standard InChI is InChI=1S/C13H18O3/c1-10(15-9-14)16-12-7-5-11(6-8-12)13(2,3)4/h5-10H,1-4H3. The van der Waals surface area contributed by atoms with Gasteiger partial charge in [0.25, 0.3) is 6.47 Å². The van der Waals surface area contributed by atoms with E-state index in [1.54, 1.807) is 6.92 Å². The Morgan fingerprint density at radius 3 is 2.19 bits per heavy atom. The fraction of sp³-hybridized carbons (Fsp3) is 0.462. The molecule has 0 spiro atoms. The summed E-state index contributed by atoms with van der Waals surface area (Å²) >= 11 is 0. The zero-order chi connectivity index (χ0) is 12.2. The van der Waals surface area contributed by atoms with Gasteiger partial charge in [-0.3, -0.25) is 4.79 Å². The second kappa shape index (κ2) is 5.01. The lowest BCUT2D eigenvalue weighted by Crippen LogP contribution is -2.15. The van der Waals surface area contributed by atoms with Crippen LogP contribution in [0.3, 0.4) is 0 Å². The Bertz CT molecular complexity index is 335. The molecule has 0 amide bonds. The van der Waals surface area contributed by atoms with Crippen LogP contribution in [-0.4, -0.2) is 12.8 Å². The molecule has 0 radical (unpaired) electrons. The van der Waals surface area contributed by atoms with Gasteiger partial charge in [-0.1, -0.05) is 32.9 Å². The van der Waals surface area contributed by atoms with Crippen molar-refractivity contribution in [3.63, 3.8) is 0 Å². The van der Waals surface area contributed by atoms with E-state index in [0.29, 0.717) is 12.2 Å². The number of hydrogen-bond acceptors (Lipinski definition) is 3. The van der Waals surface area contributed by atoms with Gasteiger partial charge in [-0.15, -0.1) is 0 Å². The molecule has 3 heteroatoms. The maximum atomic E-state index is 10.1. The van der Waals surface area contributed by atoms with Crippen LogP contribution in [-0.2, 0) is 14.9 Å². The Morgan fingerprint density at radius 2 is 1.75 bits per heavy atom. The van der Waals surface area contributed by atoms with Gasteiger partial charge in [0, 0.05) is 6.92 Å². The summed E-state index contributed by atoms with van der Waals surface area (Å²) in [4.78, 5) is 10.1. The SMILES string of the molecule is CC(OC=O)Oc1ccc(C(C)(C)C)cc1. The molecule has 0 heterocycles. The van der Waals surface area contributed by atoms with E-state index >= 15 is 0 Å². The average Bonchev–Trinajstić information content (AvgIpc) is 2.17. The summed E-state index contributed by atoms with van der Waals surface area (Å²) in [5.41, 5.74) is 1.37. The van der Waals surface area contributed by atoms with Gasteiger partial charge >= 0.3 is 0 Å². The highest BCUT2D eigenvalue weighted by atomic mass is 16.7. The Hall–Kier alpha value is -1.51. The van der Waals surface area contributed by atoms with E-state index in [9.17, 15) is 4.79 Å². The second-order valence-electron chi connectivity index (χ2n) is 4.69. The number of ether oxygens (including phenoxy) is 2. The fourth-order valence-electron chi connectivity index (χ4n) is 1.33. The van der Waals surface area contributed by atoms with Crippen LogP contribution in [0.25, 0.3) is 0 Å². The Kier molecular flexibility index (Phi) is 3.93. The Morgan fingerprint density at radius 1 is 1.19 bits per heavy atom. The summed E-state index contributed by atoms with van der Waals surface area (Å²) in [7, 11) is 0. The summed E-state index contributed by atoms with van der Waals surface area (Å²) < 4.78 is 10.0. The summed E-state index contributed by atoms with van der Waals surface area (Å²) in [6, 6.07) is 7.79. The summed E-state index contributed by atoms with van der Waals surface area (Å²) in [5, 5.41) is 0. The number of carbonyl (C=O) groups excluding carboxylic acids is 1. The highest BCUT2D eigenvalue weighted by Gasteiger charge is 2.13. The maximum absolute atomic E-state index is 10.1. The largest absolute Gasteiger partial charge is 0.455 e. The van der Waals surface area contributed by atoms with Gasteiger partial charge in [-0.05, 0) is 23.1 Å². The van der Waals surface area contributed by atoms with E-state index in [4.69, 9.17) is 4.74 Å². The molecule has 1 aromatic rings. The third kappa shape index (κ3) is 3.57. The van der Waals surface area contributed by atoms with Crippen LogP contribution in [0.1, 0.15) is 33.3 Å². The summed E-state index contributed by atoms with van der Waals surface area (Å²) in [5.74, 6) is 0.697. The van der Waals surface area contributed by atoms with Gasteiger partial charge in [0.15, 0.2) is 0 Å². The molecule has 0 saturated heterocycles. The van der Waals surface area contributed by atoms with Gasteiger partial charge in [-0.2, -0.15) is 0 Å². The van der Waals surface area contributed by atoms with Crippen molar-refractivity contribution in [1.29, 1.82) is 0 Å². The first-order chi connectivity index (χ1) is 7.43. The van der Waals surface area contributed by atoms with E-state index in [1.807, 2.05) is 24.3 Å². The Balaban J connectivity index is 2.68. The van der Waals surface area contributed by atoms with Crippen LogP contribution in [0.15, 0.2) is 24.3 Å². The molecule has 1 atom stereocenters. The highest BCUT2D eigenvalue weighted by molar-refractivity contribution is 5.37. The molecule has 1 unspecified atom stereocenters. The zero-order valence-electron chi connectivity index (χ0n) is 10.2. The maximum Gasteiger partial charge on any atom is 0.296 e. The molecule has 0 saturated carbocycles. The molecule has 1 aromatic carbocycles. The van der Waals surface area contributed by atoms with Crippen molar-refractivity contribution in [2.45, 2.75) is 39.4 Å². The topological polar surface area (TPSA) is 35.5 Å². The molecular formula is C13H18O3. The predicted octanol–water partition coefficient (Wildman–Crippen LogP) is 2.88. The highest BCUT2D eigenvalue weighted by Crippen LogP contribution is 2.24. The predicted molar refractivity (Wildman–Crippen MR) is 62.4 cm³/mol. The van der Waals surface area contributed by atoms with Gasteiger partial charge in [-0.25, -0.2) is 0 Å². The molecule has 0 bridgehead atoms. The van der Waals surface area contributed by atoms with E-state index in [0.717, 1.165) is 0 Å². The van der Waals surface area contributed by atoms with Crippen molar-refractivity contribution >= 4 is 6.47 Å². The molecule has 0 aliphatic rings. The molecular weight excluding hydrogens is 204 g/mol. The minimum atomic E-state index is -0.557. The van der Waals surface area contributed by atoms with Crippen LogP contribution >= 0.6 is 0 Å². The van der Waals surface area contributed by atoms with Crippen molar-refractivity contribution < 1.29 is 14.3 Å². The first-order valence-corrected chi connectivity index (χ1v) is 5.30. The van der Waals surface area contributed by atoms with Crippen molar-refractivity contribution in [2.75, 3.05) is 0 Å². The van der Waals surface area contributed by atoms with Crippen molar-refractivity contribution in [3.05, 3.63) is 29.8 Å². The molecule has 16 heavy (non-hydrogen) atoms. The van der Waals surface area contributed by atoms with Crippen molar-refractivity contribution in [2.24, 2.45) is 0 Å². The fourth-order valence-corrected chi connectivity index (χ4v) is 1.33. The first kappa shape index (κ1) is 12.6. The molecule has 88 valence electrons. The van der Waals surface area contributed by atoms with Crippen LogP contribution in [0.5, 0.6) is 5.75 Å². The lowest BCUT2D eigenvalue weighted by molar-refractivity contribution is -0.145. The lowest BCUT2D eigenvalue weighted by Gasteiger charge is -2.19. The molecule has 3 nitrogen and oxygen atoms in total. The van der Waals surface area contributed by atoms with Gasteiger partial charge in [0.1, 0.15) is 5.75 Å². The van der Waals surface area contributed by atoms with Crippen molar-refractivity contribution in [3.8, 4) is 5.75 Å². The quantitative estimate of drug-likeness (QED) is 0.580. The molecule has 0 aliphatic heterocycles. The number of carbonyl (C=O) groups is 1. The van der Waals surface area contributed by atoms with Crippen LogP contribution in [0.4, 0.5) is 0 Å². The average molecular weight is 222 g/mol. The zero-order valence-corrected chi connectivity index (χ0v) is 10.2. The van der Waals surface area contributed by atoms with E-state index in [-0.39, 0.29) is 5.41 Å². The molecule has 0 N–H and O–H groups in total. The molecule has 0 fully saturated rings. The number of hydrogen-bond donors (Lipinski definition) is 0. The summed E-state index contributed by atoms with van der Waals surface area (Å²) in [6.45, 7) is 8.52. The van der Waals surface area contributed by atoms with Gasteiger partial charge < -0.3 is 9.47 Å². The van der Waals surface area contributed by atoms with Crippen LogP contribution < -0.4 is 4.74 Å². The smallest absolute Gasteiger partial charge is 0.296 e. The van der Waals surface area contributed by atoms with Crippen molar-refractivity contribution in [1.82, 2.24) is 0 Å². The lowest BCUT2D eigenvalue weighted by atomic mass is 9.87. The minimum absolute atomic E-state index is 0.128. The third-order valence-electron chi connectivity index (χ3n) is 2.27. The van der Waals surface area contributed by atoms with Crippen LogP contribution in [0.2, 0.25) is 0 Å². The minimum Gasteiger partial charge on any atom is -0.455 e. The number of benzene rings is 1. The second-order valence-corrected chi connectivity index (χ2v) is 4.69. The Labute approximate surface area is 96.4 Å². The van der Waals surface area contributed by atoms with Crippen LogP contribution in [0, 0.1) is 0 Å². The molecule has 0 aromatic heterocycles. The third-order valence-corrected chi connectivity index (χ3v) is 2.27. The molecule has 1 rings (SSSR count). The number of rotatable bonds is 4. The molecule has 0 aliphatic carbocycles. The monoisotopic (exact) mass is 222 g/mol. The van der Waals surface area contributed by atoms with E-state index in [2.05, 4.69) is 25.5 Å². The first-order valence-electron chi connectivity index (χ1n) is 5.30. The summed E-state index contributed by atoms with van der Waals surface area (Å²) in [6.07, 6.45) is -0.557. The van der Waals surface area contributed by atoms with Gasteiger partial charge in [0.05, 0.1) is 0 Å². The van der Waals surface area contributed by atoms with Gasteiger partial charge in [0.2, 0.25) is 6.29 Å². The normalized spacial score (nSPS) is 13.0.